The van der Waals surface area contributed by atoms with Gasteiger partial charge < -0.3 is 0 Å². The second kappa shape index (κ2) is 10.7. The van der Waals surface area contributed by atoms with Gasteiger partial charge in [0.05, 0.1) is 0 Å². The molecule has 0 aliphatic heterocycles. The predicted octanol–water partition coefficient (Wildman–Crippen LogP) is 6.70. The van der Waals surface area contributed by atoms with Crippen molar-refractivity contribution in [2.45, 2.75) is 84.2 Å². The van der Waals surface area contributed by atoms with Crippen LogP contribution >= 0.6 is 22.2 Å². The van der Waals surface area contributed by atoms with Crippen LogP contribution in [-0.2, 0) is 0 Å². The van der Waals surface area contributed by atoms with E-state index in [0.29, 0.717) is 5.92 Å². The lowest BCUT2D eigenvalue weighted by Gasteiger charge is -2.18. The lowest BCUT2D eigenvalue weighted by molar-refractivity contribution is 0.584. The zero-order valence-electron chi connectivity index (χ0n) is 11.9. The first kappa shape index (κ1) is 17.8. The van der Waals surface area contributed by atoms with E-state index in [1.165, 1.54) is 51.4 Å². The second-order valence-corrected chi connectivity index (χ2v) is 13.2. The van der Waals surface area contributed by atoms with Crippen LogP contribution in [0.15, 0.2) is 0 Å². The van der Waals surface area contributed by atoms with Crippen molar-refractivity contribution in [2.75, 3.05) is 0 Å². The maximum Gasteiger partial charge on any atom is 0.251 e. The highest BCUT2D eigenvalue weighted by Gasteiger charge is 2.28. The number of hydrogen-bond donors (Lipinski definition) is 0. The van der Waals surface area contributed by atoms with Crippen molar-refractivity contribution in [3.8, 4) is 0 Å². The molecule has 0 N–H and O–H groups in total. The molecule has 0 saturated heterocycles. The van der Waals surface area contributed by atoms with Crippen LogP contribution in [0.3, 0.4) is 0 Å². The molecule has 0 heterocycles. The van der Waals surface area contributed by atoms with Crippen molar-refractivity contribution in [3.05, 3.63) is 0 Å². The number of unbranched alkanes of at least 4 members (excludes halogenated alkanes) is 7. The fourth-order valence-electron chi connectivity index (χ4n) is 2.22. The average Bonchev–Trinajstić information content (AvgIpc) is 2.20. The molecule has 0 aliphatic carbocycles. The third-order valence-corrected chi connectivity index (χ3v) is 7.66. The molecule has 17 heavy (non-hydrogen) atoms. The highest BCUT2D eigenvalue weighted by Crippen LogP contribution is 2.31. The van der Waals surface area contributed by atoms with Gasteiger partial charge >= 0.3 is 0 Å². The summed E-state index contributed by atoms with van der Waals surface area (Å²) in [5, 5.41) is 0. The van der Waals surface area contributed by atoms with Crippen molar-refractivity contribution in [2.24, 2.45) is 5.92 Å². The van der Waals surface area contributed by atoms with Crippen LogP contribution in [0.25, 0.3) is 0 Å². The molecule has 0 radical (unpaired) electrons. The van der Waals surface area contributed by atoms with Gasteiger partial charge in [-0.3, -0.25) is 0 Å². The Morgan fingerprint density at radius 3 is 1.76 bits per heavy atom. The molecule has 0 aromatic carbocycles. The summed E-state index contributed by atoms with van der Waals surface area (Å²) >= 11 is 12.8. The smallest absolute Gasteiger partial charge is 0.146 e. The fourth-order valence-corrected chi connectivity index (χ4v) is 7.04. The Labute approximate surface area is 119 Å². The molecule has 0 aromatic rings. The first-order valence-electron chi connectivity index (χ1n) is 7.36. The molecule has 0 aromatic heterocycles. The van der Waals surface area contributed by atoms with Gasteiger partial charge in [0.2, 0.25) is 0 Å². The Bertz CT molecular complexity index is 170. The third-order valence-electron chi connectivity index (χ3n) is 3.10. The summed E-state index contributed by atoms with van der Waals surface area (Å²) < 4.78 is 0. The molecule has 3 heteroatoms. The van der Waals surface area contributed by atoms with E-state index in [1.807, 2.05) is 0 Å². The highest BCUT2D eigenvalue weighted by molar-refractivity contribution is 7.45. The van der Waals surface area contributed by atoms with E-state index in [9.17, 15) is 0 Å². The number of hydrogen-bond acceptors (Lipinski definition) is 0. The summed E-state index contributed by atoms with van der Waals surface area (Å²) in [5.74, 6) is 0.644. The quantitative estimate of drug-likeness (QED) is 0.226. The Hall–Kier alpha value is 0.797. The lowest BCUT2D eigenvalue weighted by Crippen LogP contribution is -2.20. The molecule has 104 valence electrons. The van der Waals surface area contributed by atoms with Crippen molar-refractivity contribution >= 4 is 28.9 Å². The normalized spacial score (nSPS) is 12.4. The van der Waals surface area contributed by atoms with Crippen molar-refractivity contribution in [1.82, 2.24) is 0 Å². The second-order valence-electron chi connectivity index (χ2n) is 5.68. The summed E-state index contributed by atoms with van der Waals surface area (Å²) in [6.07, 6.45) is 10.9. The summed E-state index contributed by atoms with van der Waals surface area (Å²) in [4.78, 5) is 0. The first-order valence-corrected chi connectivity index (χ1v) is 11.8. The molecule has 0 rings (SSSR count). The topological polar surface area (TPSA) is 0 Å². The van der Waals surface area contributed by atoms with Gasteiger partial charge in [-0.1, -0.05) is 72.1 Å². The van der Waals surface area contributed by atoms with Gasteiger partial charge in [0, 0.05) is 0 Å². The van der Waals surface area contributed by atoms with Gasteiger partial charge in [0.1, 0.15) is 0 Å². The summed E-state index contributed by atoms with van der Waals surface area (Å²) in [7, 11) is 0. The monoisotopic (exact) mass is 296 g/mol. The van der Waals surface area contributed by atoms with E-state index < -0.39 is 6.69 Å². The Kier molecular flexibility index (Phi) is 11.2. The van der Waals surface area contributed by atoms with Gasteiger partial charge in [0.25, 0.3) is 6.69 Å². The van der Waals surface area contributed by atoms with E-state index in [1.54, 1.807) is 0 Å². The minimum Gasteiger partial charge on any atom is -0.146 e. The molecular weight excluding hydrogens is 267 g/mol. The minimum atomic E-state index is -1.90. The first-order chi connectivity index (χ1) is 7.98. The molecular formula is C14H30Cl2Si. The third kappa shape index (κ3) is 13.0. The molecule has 0 bridgehead atoms. The SMILES string of the molecule is CCCCCCCCCC[Si](Cl)(Cl)CC(C)C. The van der Waals surface area contributed by atoms with E-state index in [2.05, 4.69) is 20.8 Å². The molecule has 0 atom stereocenters. The molecule has 0 spiro atoms. The molecule has 0 unspecified atom stereocenters. The van der Waals surface area contributed by atoms with Gasteiger partial charge in [-0.05, 0) is 18.0 Å². The Morgan fingerprint density at radius 1 is 0.824 bits per heavy atom. The van der Waals surface area contributed by atoms with Crippen LogP contribution < -0.4 is 0 Å². The number of halogens is 2. The number of rotatable bonds is 11. The zero-order chi connectivity index (χ0) is 13.1. The van der Waals surface area contributed by atoms with E-state index in [0.717, 1.165) is 12.1 Å². The van der Waals surface area contributed by atoms with Crippen LogP contribution in [0.1, 0.15) is 72.1 Å². The van der Waals surface area contributed by atoms with E-state index in [-0.39, 0.29) is 0 Å². The van der Waals surface area contributed by atoms with Crippen molar-refractivity contribution in [3.63, 3.8) is 0 Å². The largest absolute Gasteiger partial charge is 0.251 e. The van der Waals surface area contributed by atoms with E-state index >= 15 is 0 Å². The summed E-state index contributed by atoms with van der Waals surface area (Å²) in [6, 6.07) is 2.13. The van der Waals surface area contributed by atoms with Crippen LogP contribution in [-0.4, -0.2) is 6.69 Å². The zero-order valence-corrected chi connectivity index (χ0v) is 14.4. The summed E-state index contributed by atoms with van der Waals surface area (Å²) in [5.41, 5.74) is 0. The van der Waals surface area contributed by atoms with Crippen LogP contribution in [0.4, 0.5) is 0 Å². The highest BCUT2D eigenvalue weighted by atomic mass is 35.7. The molecule has 0 nitrogen and oxygen atoms in total. The average molecular weight is 297 g/mol. The molecule has 0 amide bonds. The van der Waals surface area contributed by atoms with Crippen LogP contribution in [0, 0.1) is 5.92 Å². The fraction of sp³-hybridized carbons (Fsp3) is 1.00. The van der Waals surface area contributed by atoms with Gasteiger partial charge in [-0.25, -0.2) is 0 Å². The molecule has 0 aliphatic rings. The minimum absolute atomic E-state index is 0.644. The van der Waals surface area contributed by atoms with Gasteiger partial charge in [-0.15, -0.1) is 22.2 Å². The Balaban J connectivity index is 3.32. The van der Waals surface area contributed by atoms with Crippen molar-refractivity contribution < 1.29 is 0 Å². The van der Waals surface area contributed by atoms with E-state index in [4.69, 9.17) is 22.2 Å². The van der Waals surface area contributed by atoms with Crippen molar-refractivity contribution in [1.29, 1.82) is 0 Å². The standard InChI is InChI=1S/C14H30Cl2Si/c1-4-5-6-7-8-9-10-11-12-17(15,16)13-14(2)3/h14H,4-13H2,1-3H3. The van der Waals surface area contributed by atoms with Crippen LogP contribution in [0.2, 0.25) is 12.1 Å². The Morgan fingerprint density at radius 2 is 1.29 bits per heavy atom. The maximum absolute atomic E-state index is 6.42. The molecule has 0 saturated carbocycles. The van der Waals surface area contributed by atoms with Gasteiger partial charge in [-0.2, -0.15) is 0 Å². The van der Waals surface area contributed by atoms with Crippen LogP contribution in [0.5, 0.6) is 0 Å². The summed E-state index contributed by atoms with van der Waals surface area (Å²) in [6.45, 7) is 4.78. The predicted molar refractivity (Wildman–Crippen MR) is 84.5 cm³/mol. The van der Waals surface area contributed by atoms with Gasteiger partial charge in [0.15, 0.2) is 0 Å². The maximum atomic E-state index is 6.42. The lowest BCUT2D eigenvalue weighted by atomic mass is 10.1. The molecule has 0 fully saturated rings.